The van der Waals surface area contributed by atoms with Gasteiger partial charge in [0.1, 0.15) is 11.7 Å². The van der Waals surface area contributed by atoms with Crippen LogP contribution >= 0.6 is 0 Å². The first-order valence-corrected chi connectivity index (χ1v) is 8.18. The Morgan fingerprint density at radius 3 is 2.92 bits per heavy atom. The molecule has 0 spiro atoms. The number of benzene rings is 1. The van der Waals surface area contributed by atoms with Crippen LogP contribution < -0.4 is 5.32 Å². The van der Waals surface area contributed by atoms with Gasteiger partial charge in [0.05, 0.1) is 0 Å². The van der Waals surface area contributed by atoms with Crippen LogP contribution in [0.4, 0.5) is 0 Å². The maximum atomic E-state index is 12.2. The fourth-order valence-corrected chi connectivity index (χ4v) is 3.37. The number of rotatable bonds is 5. The number of aliphatic carboxylic acids is 1. The van der Waals surface area contributed by atoms with E-state index in [-0.39, 0.29) is 11.6 Å². The molecule has 1 aliphatic rings. The van der Waals surface area contributed by atoms with Gasteiger partial charge in [0.25, 0.3) is 5.91 Å². The number of carboxylic acid groups (broad SMARTS) is 1. The van der Waals surface area contributed by atoms with Crippen LogP contribution in [0.2, 0.25) is 0 Å². The lowest BCUT2D eigenvalue weighted by atomic mass is 9.79. The third kappa shape index (κ3) is 3.48. The van der Waals surface area contributed by atoms with Gasteiger partial charge in [-0.2, -0.15) is 5.10 Å². The molecule has 0 saturated carbocycles. The molecule has 0 bridgehead atoms. The molecule has 0 aliphatic heterocycles. The zero-order valence-corrected chi connectivity index (χ0v) is 13.6. The number of nitrogens with one attached hydrogen (secondary N) is 2. The number of H-pyrrole nitrogens is 1. The number of aromatic nitrogens is 2. The average Bonchev–Trinajstić information content (AvgIpc) is 3.01. The van der Waals surface area contributed by atoms with Crippen molar-refractivity contribution in [2.75, 3.05) is 0 Å². The number of amides is 1. The van der Waals surface area contributed by atoms with Crippen LogP contribution in [0.25, 0.3) is 0 Å². The number of fused-ring (bicyclic) bond motifs is 1. The van der Waals surface area contributed by atoms with E-state index in [1.807, 2.05) is 12.1 Å². The molecule has 1 amide bonds. The number of carbonyl (C=O) groups excluding carboxylic acids is 1. The fourth-order valence-electron chi connectivity index (χ4n) is 3.37. The van der Waals surface area contributed by atoms with Crippen LogP contribution in [0.5, 0.6) is 0 Å². The fraction of sp³-hybridized carbons (Fsp3) is 0.389. The lowest BCUT2D eigenvalue weighted by Gasteiger charge is -2.27. The van der Waals surface area contributed by atoms with Crippen molar-refractivity contribution < 1.29 is 14.7 Å². The predicted octanol–water partition coefficient (Wildman–Crippen LogP) is 2.41. The Labute approximate surface area is 140 Å². The van der Waals surface area contributed by atoms with E-state index < -0.39 is 17.9 Å². The lowest BCUT2D eigenvalue weighted by molar-refractivity contribution is -0.139. The van der Waals surface area contributed by atoms with Crippen LogP contribution in [0.15, 0.2) is 30.3 Å². The number of hydrogen-bond donors (Lipinski definition) is 3. The summed E-state index contributed by atoms with van der Waals surface area (Å²) in [7, 11) is 0. The van der Waals surface area contributed by atoms with Gasteiger partial charge in [0.2, 0.25) is 0 Å². The van der Waals surface area contributed by atoms with Gasteiger partial charge in [0, 0.05) is 5.69 Å². The van der Waals surface area contributed by atoms with Gasteiger partial charge in [-0.3, -0.25) is 9.89 Å². The first kappa shape index (κ1) is 16.2. The summed E-state index contributed by atoms with van der Waals surface area (Å²) >= 11 is 0. The van der Waals surface area contributed by atoms with Gasteiger partial charge in [-0.25, -0.2) is 4.79 Å². The van der Waals surface area contributed by atoms with Crippen molar-refractivity contribution in [2.24, 2.45) is 0 Å². The van der Waals surface area contributed by atoms with E-state index in [1.54, 1.807) is 13.0 Å². The van der Waals surface area contributed by atoms with Crippen molar-refractivity contribution >= 4 is 11.9 Å². The number of carboxylic acids is 1. The highest BCUT2D eigenvalue weighted by Crippen LogP contribution is 2.34. The highest BCUT2D eigenvalue weighted by molar-refractivity contribution is 5.95. The monoisotopic (exact) mass is 327 g/mol. The smallest absolute Gasteiger partial charge is 0.326 e. The normalized spacial score (nSPS) is 17.8. The van der Waals surface area contributed by atoms with Crippen LogP contribution in [0, 0.1) is 6.92 Å². The van der Waals surface area contributed by atoms with Crippen LogP contribution in [0.1, 0.15) is 52.5 Å². The lowest BCUT2D eigenvalue weighted by Crippen LogP contribution is -2.42. The third-order valence-corrected chi connectivity index (χ3v) is 4.56. The number of aryl methyl sites for hydroxylation is 2. The molecule has 1 heterocycles. The van der Waals surface area contributed by atoms with Crippen molar-refractivity contribution in [3.63, 3.8) is 0 Å². The number of hydrogen-bond acceptors (Lipinski definition) is 3. The molecule has 0 fully saturated rings. The predicted molar refractivity (Wildman–Crippen MR) is 89.0 cm³/mol. The summed E-state index contributed by atoms with van der Waals surface area (Å²) in [5, 5.41) is 18.7. The van der Waals surface area contributed by atoms with Crippen molar-refractivity contribution in [3.05, 3.63) is 52.8 Å². The molecule has 2 unspecified atom stereocenters. The molecule has 0 radical (unpaired) electrons. The molecule has 6 heteroatoms. The molecule has 1 aliphatic carbocycles. The summed E-state index contributed by atoms with van der Waals surface area (Å²) < 4.78 is 0. The second kappa shape index (κ2) is 6.86. The van der Waals surface area contributed by atoms with Crippen molar-refractivity contribution in [1.82, 2.24) is 15.5 Å². The zero-order valence-electron chi connectivity index (χ0n) is 13.6. The molecule has 3 N–H and O–H groups in total. The Hall–Kier alpha value is -2.63. The van der Waals surface area contributed by atoms with Crippen LogP contribution in [-0.2, 0) is 11.2 Å². The molecule has 2 atom stereocenters. The van der Waals surface area contributed by atoms with Crippen LogP contribution in [0.3, 0.4) is 0 Å². The topological polar surface area (TPSA) is 95.1 Å². The number of aromatic amines is 1. The summed E-state index contributed by atoms with van der Waals surface area (Å²) in [5.74, 6) is -1.33. The molecule has 126 valence electrons. The standard InChI is InChI=1S/C18H21N3O3/c1-11-9-15(21-20-11)17(22)19-16(18(23)24)10-13-7-4-6-12-5-2-3-8-14(12)13/h2-3,5,8-9,13,16H,4,6-7,10H2,1H3,(H,19,22)(H,20,21)(H,23,24). The van der Waals surface area contributed by atoms with E-state index in [2.05, 4.69) is 27.6 Å². The van der Waals surface area contributed by atoms with Crippen LogP contribution in [-0.4, -0.2) is 33.2 Å². The van der Waals surface area contributed by atoms with Gasteiger partial charge in [-0.15, -0.1) is 0 Å². The Kier molecular flexibility index (Phi) is 4.64. The zero-order chi connectivity index (χ0) is 17.1. The molecule has 2 aromatic rings. The number of nitrogens with zero attached hydrogens (tertiary/aromatic N) is 1. The molecular formula is C18H21N3O3. The molecular weight excluding hydrogens is 306 g/mol. The van der Waals surface area contributed by atoms with Crippen molar-refractivity contribution in [3.8, 4) is 0 Å². The summed E-state index contributed by atoms with van der Waals surface area (Å²) in [6, 6.07) is 8.84. The van der Waals surface area contributed by atoms with E-state index in [1.165, 1.54) is 11.1 Å². The van der Waals surface area contributed by atoms with Crippen molar-refractivity contribution in [2.45, 2.75) is 44.6 Å². The van der Waals surface area contributed by atoms with E-state index in [9.17, 15) is 14.7 Å². The first-order chi connectivity index (χ1) is 11.5. The molecule has 1 aromatic heterocycles. The Morgan fingerprint density at radius 2 is 2.21 bits per heavy atom. The molecule has 0 saturated heterocycles. The molecule has 3 rings (SSSR count). The minimum Gasteiger partial charge on any atom is -0.480 e. The van der Waals surface area contributed by atoms with E-state index in [0.717, 1.165) is 25.0 Å². The summed E-state index contributed by atoms with van der Waals surface area (Å²) in [6.45, 7) is 1.79. The first-order valence-electron chi connectivity index (χ1n) is 8.18. The van der Waals surface area contributed by atoms with E-state index >= 15 is 0 Å². The quantitative estimate of drug-likeness (QED) is 0.786. The Bertz CT molecular complexity index is 753. The second-order valence-corrected chi connectivity index (χ2v) is 6.32. The Morgan fingerprint density at radius 1 is 1.42 bits per heavy atom. The van der Waals surface area contributed by atoms with Gasteiger partial charge in [-0.1, -0.05) is 24.3 Å². The van der Waals surface area contributed by atoms with Crippen molar-refractivity contribution in [1.29, 1.82) is 0 Å². The highest BCUT2D eigenvalue weighted by atomic mass is 16.4. The summed E-state index contributed by atoms with van der Waals surface area (Å²) in [5.41, 5.74) is 3.46. The molecule has 6 nitrogen and oxygen atoms in total. The second-order valence-electron chi connectivity index (χ2n) is 6.32. The maximum Gasteiger partial charge on any atom is 0.326 e. The molecule has 1 aromatic carbocycles. The SMILES string of the molecule is Cc1cc(C(=O)NC(CC2CCCc3ccccc32)C(=O)O)n[nH]1. The van der Waals surface area contributed by atoms with Gasteiger partial charge in [0.15, 0.2) is 0 Å². The minimum atomic E-state index is -1.02. The van der Waals surface area contributed by atoms with E-state index in [0.29, 0.717) is 6.42 Å². The van der Waals surface area contributed by atoms with Gasteiger partial charge < -0.3 is 10.4 Å². The molecule has 24 heavy (non-hydrogen) atoms. The summed E-state index contributed by atoms with van der Waals surface area (Å²) in [6.07, 6.45) is 3.41. The van der Waals surface area contributed by atoms with Gasteiger partial charge in [-0.05, 0) is 55.7 Å². The average molecular weight is 327 g/mol. The summed E-state index contributed by atoms with van der Waals surface area (Å²) in [4.78, 5) is 23.8. The maximum absolute atomic E-state index is 12.2. The Balaban J connectivity index is 1.73. The highest BCUT2D eigenvalue weighted by Gasteiger charge is 2.28. The third-order valence-electron chi connectivity index (χ3n) is 4.56. The minimum absolute atomic E-state index is 0.150. The van der Waals surface area contributed by atoms with E-state index in [4.69, 9.17) is 0 Å². The largest absolute Gasteiger partial charge is 0.480 e. The number of carbonyl (C=O) groups is 2. The van der Waals surface area contributed by atoms with Gasteiger partial charge >= 0.3 is 5.97 Å².